The molecule has 1 fully saturated rings. The summed E-state index contributed by atoms with van der Waals surface area (Å²) in [6, 6.07) is 9.96. The number of rotatable bonds is 4. The van der Waals surface area contributed by atoms with Crippen molar-refractivity contribution in [1.29, 1.82) is 0 Å². The zero-order chi connectivity index (χ0) is 25.0. The summed E-state index contributed by atoms with van der Waals surface area (Å²) >= 11 is 0. The van der Waals surface area contributed by atoms with Crippen molar-refractivity contribution in [3.8, 4) is 17.1 Å². The third-order valence-electron chi connectivity index (χ3n) is 7.74. The second-order valence-corrected chi connectivity index (χ2v) is 9.60. The van der Waals surface area contributed by atoms with Crippen molar-refractivity contribution in [2.24, 2.45) is 10.4 Å². The maximum atomic E-state index is 14.7. The molecule has 4 aromatic rings. The molecular weight excluding hydrogens is 462 g/mol. The van der Waals surface area contributed by atoms with Gasteiger partial charge in [-0.25, -0.2) is 23.3 Å². The Kier molecular flexibility index (Phi) is 5.24. The summed E-state index contributed by atoms with van der Waals surface area (Å²) in [5, 5.41) is 4.44. The minimum Gasteiger partial charge on any atom is -0.481 e. The summed E-state index contributed by atoms with van der Waals surface area (Å²) in [4.78, 5) is 16.3. The summed E-state index contributed by atoms with van der Waals surface area (Å²) in [7, 11) is 1.63. The molecule has 1 spiro atoms. The number of aryl methyl sites for hydroxylation is 1. The SMILES string of the molecule is C=N[C@@H]1c2ccc(OC)nc2CC12CCN(c1nc(C)c(-c3cccc(F)c3F)n3nccc13)CC2. The molecule has 1 aliphatic carbocycles. The van der Waals surface area contributed by atoms with Crippen LogP contribution in [0, 0.1) is 24.0 Å². The minimum atomic E-state index is -0.902. The van der Waals surface area contributed by atoms with Crippen LogP contribution in [0.5, 0.6) is 5.88 Å². The Hall–Kier alpha value is -3.88. The highest BCUT2D eigenvalue weighted by Crippen LogP contribution is 2.54. The molecule has 2 aliphatic rings. The van der Waals surface area contributed by atoms with Crippen molar-refractivity contribution in [3.63, 3.8) is 0 Å². The number of fused-ring (bicyclic) bond motifs is 2. The van der Waals surface area contributed by atoms with Crippen LogP contribution in [0.25, 0.3) is 16.8 Å². The summed E-state index contributed by atoms with van der Waals surface area (Å²) in [5.41, 5.74) is 4.06. The van der Waals surface area contributed by atoms with Gasteiger partial charge in [0.15, 0.2) is 17.5 Å². The number of hydrogen-bond acceptors (Lipinski definition) is 6. The Labute approximate surface area is 207 Å². The number of aromatic nitrogens is 4. The van der Waals surface area contributed by atoms with E-state index in [4.69, 9.17) is 9.72 Å². The van der Waals surface area contributed by atoms with Crippen molar-refractivity contribution in [2.45, 2.75) is 32.2 Å². The second-order valence-electron chi connectivity index (χ2n) is 9.60. The predicted octanol–water partition coefficient (Wildman–Crippen LogP) is 4.97. The van der Waals surface area contributed by atoms with E-state index in [0.29, 0.717) is 17.3 Å². The van der Waals surface area contributed by atoms with Crippen molar-refractivity contribution in [2.75, 3.05) is 25.1 Å². The number of halogens is 2. The first kappa shape index (κ1) is 22.6. The van der Waals surface area contributed by atoms with Crippen LogP contribution in [0.4, 0.5) is 14.6 Å². The number of piperidine rings is 1. The van der Waals surface area contributed by atoms with E-state index in [-0.39, 0.29) is 17.0 Å². The normalized spacial score (nSPS) is 18.6. The van der Waals surface area contributed by atoms with Gasteiger partial charge >= 0.3 is 0 Å². The molecule has 36 heavy (non-hydrogen) atoms. The van der Waals surface area contributed by atoms with Gasteiger partial charge in [-0.2, -0.15) is 5.10 Å². The first-order valence-electron chi connectivity index (χ1n) is 12.0. The van der Waals surface area contributed by atoms with Gasteiger partial charge in [-0.1, -0.05) is 6.07 Å². The van der Waals surface area contributed by atoms with E-state index < -0.39 is 11.6 Å². The lowest BCUT2D eigenvalue weighted by Crippen LogP contribution is -2.42. The molecule has 1 aliphatic heterocycles. The first-order chi connectivity index (χ1) is 17.5. The zero-order valence-electron chi connectivity index (χ0n) is 20.2. The molecule has 0 unspecified atom stereocenters. The molecule has 0 bridgehead atoms. The Balaban J connectivity index is 1.33. The van der Waals surface area contributed by atoms with Gasteiger partial charge in [0.05, 0.1) is 36.4 Å². The van der Waals surface area contributed by atoms with E-state index in [2.05, 4.69) is 32.8 Å². The van der Waals surface area contributed by atoms with E-state index in [1.165, 1.54) is 6.07 Å². The van der Waals surface area contributed by atoms with Gasteiger partial charge in [-0.15, -0.1) is 0 Å². The molecule has 9 heteroatoms. The zero-order valence-corrected chi connectivity index (χ0v) is 20.2. The van der Waals surface area contributed by atoms with Gasteiger partial charge in [0.25, 0.3) is 0 Å². The van der Waals surface area contributed by atoms with E-state index >= 15 is 0 Å². The molecule has 0 radical (unpaired) electrons. The van der Waals surface area contributed by atoms with E-state index in [1.54, 1.807) is 30.8 Å². The van der Waals surface area contributed by atoms with Crippen LogP contribution in [-0.2, 0) is 6.42 Å². The summed E-state index contributed by atoms with van der Waals surface area (Å²) in [6.07, 6.45) is 4.30. The Bertz CT molecular complexity index is 1490. The number of pyridine rings is 1. The molecule has 0 N–H and O–H groups in total. The number of ether oxygens (including phenoxy) is 1. The van der Waals surface area contributed by atoms with Gasteiger partial charge in [0.1, 0.15) is 5.52 Å². The van der Waals surface area contributed by atoms with Gasteiger partial charge in [-0.05, 0) is 62.7 Å². The smallest absolute Gasteiger partial charge is 0.213 e. The molecule has 0 amide bonds. The molecular formula is C27H26F2N6O. The van der Waals surface area contributed by atoms with Crippen LogP contribution in [0.15, 0.2) is 47.6 Å². The lowest BCUT2D eigenvalue weighted by Gasteiger charge is -2.42. The lowest BCUT2D eigenvalue weighted by atomic mass is 9.73. The quantitative estimate of drug-likeness (QED) is 0.380. The summed E-state index contributed by atoms with van der Waals surface area (Å²) in [6.45, 7) is 7.26. The number of aliphatic imine (C=N–C) groups is 1. The van der Waals surface area contributed by atoms with Gasteiger partial charge in [-0.3, -0.25) is 4.99 Å². The highest BCUT2D eigenvalue weighted by Gasteiger charge is 2.48. The molecule has 184 valence electrons. The highest BCUT2D eigenvalue weighted by molar-refractivity contribution is 5.76. The van der Waals surface area contributed by atoms with E-state index in [1.807, 2.05) is 12.1 Å². The lowest BCUT2D eigenvalue weighted by molar-refractivity contribution is 0.188. The molecule has 3 aromatic heterocycles. The van der Waals surface area contributed by atoms with Crippen LogP contribution in [0.1, 0.15) is 35.8 Å². The third kappa shape index (κ3) is 3.29. The van der Waals surface area contributed by atoms with Gasteiger partial charge in [0.2, 0.25) is 5.88 Å². The first-order valence-corrected chi connectivity index (χ1v) is 12.0. The number of methoxy groups -OCH3 is 1. The number of benzene rings is 1. The maximum Gasteiger partial charge on any atom is 0.213 e. The second kappa shape index (κ2) is 8.36. The molecule has 7 nitrogen and oxygen atoms in total. The average Bonchev–Trinajstić information content (AvgIpc) is 3.48. The maximum absolute atomic E-state index is 14.7. The number of nitrogens with zero attached hydrogens (tertiary/aromatic N) is 6. The Morgan fingerprint density at radius 1 is 1.11 bits per heavy atom. The van der Waals surface area contributed by atoms with Crippen molar-refractivity contribution in [1.82, 2.24) is 19.6 Å². The molecule has 1 atom stereocenters. The fourth-order valence-electron chi connectivity index (χ4n) is 5.96. The van der Waals surface area contributed by atoms with Crippen molar-refractivity contribution < 1.29 is 13.5 Å². The third-order valence-corrected chi connectivity index (χ3v) is 7.74. The predicted molar refractivity (Wildman–Crippen MR) is 134 cm³/mol. The standard InChI is InChI=1S/C27H26F2N6O/c1-16-24(18-5-4-6-19(28)23(18)29)35-21(9-12-31-35)26(32-16)34-13-10-27(11-14-34)15-20-17(25(27)30-2)7-8-22(33-20)36-3/h4-9,12,25H,2,10-11,13-15H2,1,3H3/t25-/m1/s1. The van der Waals surface area contributed by atoms with Gasteiger partial charge in [0, 0.05) is 30.1 Å². The molecule has 1 saturated heterocycles. The Morgan fingerprint density at radius 3 is 2.67 bits per heavy atom. The van der Waals surface area contributed by atoms with Crippen LogP contribution in [-0.4, -0.2) is 46.5 Å². The number of hydrogen-bond donors (Lipinski definition) is 0. The van der Waals surface area contributed by atoms with Crippen LogP contribution in [0.3, 0.4) is 0 Å². The molecule has 1 aromatic carbocycles. The molecule has 4 heterocycles. The van der Waals surface area contributed by atoms with Crippen LogP contribution >= 0.6 is 0 Å². The summed E-state index contributed by atoms with van der Waals surface area (Å²) in [5.74, 6) is -0.393. The van der Waals surface area contributed by atoms with E-state index in [0.717, 1.165) is 61.0 Å². The van der Waals surface area contributed by atoms with Crippen molar-refractivity contribution in [3.05, 3.63) is 71.2 Å². The van der Waals surface area contributed by atoms with E-state index in [9.17, 15) is 8.78 Å². The highest BCUT2D eigenvalue weighted by atomic mass is 19.2. The van der Waals surface area contributed by atoms with Crippen LogP contribution in [0.2, 0.25) is 0 Å². The number of anilines is 1. The van der Waals surface area contributed by atoms with Crippen molar-refractivity contribution >= 4 is 18.1 Å². The fraction of sp³-hybridized carbons (Fsp3) is 0.333. The average molecular weight is 489 g/mol. The Morgan fingerprint density at radius 2 is 1.92 bits per heavy atom. The topological polar surface area (TPSA) is 67.9 Å². The molecule has 0 saturated carbocycles. The van der Waals surface area contributed by atoms with Crippen LogP contribution < -0.4 is 9.64 Å². The minimum absolute atomic E-state index is 0.00364. The fourth-order valence-corrected chi connectivity index (χ4v) is 5.96. The summed E-state index contributed by atoms with van der Waals surface area (Å²) < 4.78 is 35.7. The molecule has 6 rings (SSSR count). The van der Waals surface area contributed by atoms with Gasteiger partial charge < -0.3 is 9.64 Å². The monoisotopic (exact) mass is 488 g/mol. The largest absolute Gasteiger partial charge is 0.481 e.